The summed E-state index contributed by atoms with van der Waals surface area (Å²) in [5.74, 6) is -1.11. The highest BCUT2D eigenvalue weighted by Gasteiger charge is 2.31. The second-order valence-electron chi connectivity index (χ2n) is 4.84. The van der Waals surface area contributed by atoms with Crippen molar-refractivity contribution in [2.24, 2.45) is 0 Å². The van der Waals surface area contributed by atoms with E-state index in [1.807, 2.05) is 0 Å². The summed E-state index contributed by atoms with van der Waals surface area (Å²) in [6.45, 7) is 2.31. The molecule has 1 heterocycles. The number of carbonyl (C=O) groups is 2. The van der Waals surface area contributed by atoms with Crippen LogP contribution in [0.4, 0.5) is 0 Å². The average Bonchev–Trinajstić information content (AvgIpc) is 2.74. The zero-order valence-corrected chi connectivity index (χ0v) is 13.8. The predicted octanol–water partition coefficient (Wildman–Crippen LogP) is 2.12. The molecular weight excluding hydrogens is 326 g/mol. The Balaban J connectivity index is 2.05. The molecule has 1 aliphatic rings. The molecule has 2 amide bonds. The number of fused-ring (bicyclic) bond motifs is 1. The highest BCUT2D eigenvalue weighted by atomic mass is 32.9. The number of rotatable bonds is 8. The maximum atomic E-state index is 12.1. The van der Waals surface area contributed by atoms with Crippen molar-refractivity contribution in [1.82, 2.24) is 5.32 Å². The third-order valence-electron chi connectivity index (χ3n) is 3.14. The van der Waals surface area contributed by atoms with E-state index in [2.05, 4.69) is 12.2 Å². The van der Waals surface area contributed by atoms with E-state index in [0.29, 0.717) is 0 Å². The van der Waals surface area contributed by atoms with Crippen molar-refractivity contribution < 1.29 is 22.2 Å². The lowest BCUT2D eigenvalue weighted by Crippen LogP contribution is -2.20. The van der Waals surface area contributed by atoms with Crippen molar-refractivity contribution in [2.75, 3.05) is 6.61 Å². The lowest BCUT2D eigenvalue weighted by molar-refractivity contribution is 0.0879. The minimum absolute atomic E-state index is 0.00518. The smallest absolute Gasteiger partial charge is 0.314 e. The summed E-state index contributed by atoms with van der Waals surface area (Å²) in [5, 5.41) is 2.15. The van der Waals surface area contributed by atoms with Crippen LogP contribution in [0, 0.1) is 0 Å². The molecule has 1 N–H and O–H groups in total. The normalized spacial score (nSPS) is 16.0. The predicted molar refractivity (Wildman–Crippen MR) is 84.5 cm³/mol. The Labute approximate surface area is 134 Å². The van der Waals surface area contributed by atoms with Gasteiger partial charge in [0.2, 0.25) is 0 Å². The molecule has 1 atom stereocenters. The van der Waals surface area contributed by atoms with E-state index < -0.39 is 20.9 Å². The fourth-order valence-electron chi connectivity index (χ4n) is 2.08. The summed E-state index contributed by atoms with van der Waals surface area (Å²) >= 11 is 4.81. The van der Waals surface area contributed by atoms with Gasteiger partial charge in [-0.1, -0.05) is 32.3 Å². The molecule has 8 heteroatoms. The van der Waals surface area contributed by atoms with Crippen molar-refractivity contribution in [1.29, 1.82) is 0 Å². The summed E-state index contributed by atoms with van der Waals surface area (Å²) in [5.41, 5.74) is 0.218. The average molecular weight is 343 g/mol. The molecule has 120 valence electrons. The zero-order valence-electron chi connectivity index (χ0n) is 12.1. The second-order valence-corrected chi connectivity index (χ2v) is 7.28. The number of unbranched alkanes of at least 4 members (excludes halogenated alkanes) is 3. The summed E-state index contributed by atoms with van der Waals surface area (Å²) in [6, 6.07) is 4.45. The second kappa shape index (κ2) is 7.17. The molecule has 0 aromatic heterocycles. The first kappa shape index (κ1) is 16.9. The molecule has 1 aromatic rings. The van der Waals surface area contributed by atoms with Crippen molar-refractivity contribution in [2.45, 2.75) is 32.6 Å². The van der Waals surface area contributed by atoms with Gasteiger partial charge in [0.25, 0.3) is 11.8 Å². The molecule has 1 unspecified atom stereocenters. The summed E-state index contributed by atoms with van der Waals surface area (Å²) < 4.78 is 22.4. The highest BCUT2D eigenvalue weighted by molar-refractivity contribution is 8.27. The van der Waals surface area contributed by atoms with E-state index in [1.54, 1.807) is 0 Å². The number of imide groups is 1. The van der Waals surface area contributed by atoms with E-state index in [0.717, 1.165) is 25.7 Å². The van der Waals surface area contributed by atoms with E-state index in [-0.39, 0.29) is 23.5 Å². The molecule has 2 rings (SSSR count). The topological polar surface area (TPSA) is 81.7 Å². The minimum atomic E-state index is -3.44. The molecule has 0 radical (unpaired) electrons. The lowest BCUT2D eigenvalue weighted by atomic mass is 10.1. The van der Waals surface area contributed by atoms with Crippen LogP contribution < -0.4 is 9.50 Å². The van der Waals surface area contributed by atoms with Crippen LogP contribution in [0.5, 0.6) is 5.75 Å². The van der Waals surface area contributed by atoms with Gasteiger partial charge in [-0.2, -0.15) is 4.21 Å². The van der Waals surface area contributed by atoms with Gasteiger partial charge >= 0.3 is 9.05 Å². The minimum Gasteiger partial charge on any atom is -0.381 e. The summed E-state index contributed by atoms with van der Waals surface area (Å²) in [7, 11) is -3.44. The molecule has 1 aromatic carbocycles. The van der Waals surface area contributed by atoms with Gasteiger partial charge in [-0.3, -0.25) is 19.1 Å². The first-order chi connectivity index (χ1) is 10.4. The Hall–Kier alpha value is -1.51. The molecule has 0 bridgehead atoms. The van der Waals surface area contributed by atoms with Gasteiger partial charge in [-0.25, -0.2) is 0 Å². The maximum absolute atomic E-state index is 12.1. The van der Waals surface area contributed by atoms with Gasteiger partial charge in [0, 0.05) is 0 Å². The van der Waals surface area contributed by atoms with Crippen molar-refractivity contribution >= 4 is 32.1 Å². The first-order valence-electron chi connectivity index (χ1n) is 7.02. The Morgan fingerprint density at radius 2 is 1.95 bits per heavy atom. The van der Waals surface area contributed by atoms with Crippen LogP contribution in [0.1, 0.15) is 53.3 Å². The number of hydrogen-bond acceptors (Lipinski definition) is 6. The molecule has 0 spiro atoms. The van der Waals surface area contributed by atoms with Gasteiger partial charge < -0.3 is 4.18 Å². The highest BCUT2D eigenvalue weighted by Crippen LogP contribution is 2.27. The fourth-order valence-corrected chi connectivity index (χ4v) is 3.23. The maximum Gasteiger partial charge on any atom is 0.314 e. The molecule has 0 aliphatic carbocycles. The van der Waals surface area contributed by atoms with Gasteiger partial charge in [0.05, 0.1) is 28.9 Å². The van der Waals surface area contributed by atoms with Crippen molar-refractivity contribution in [3.63, 3.8) is 0 Å². The van der Waals surface area contributed by atoms with Crippen LogP contribution in [0.3, 0.4) is 0 Å². The van der Waals surface area contributed by atoms with E-state index in [4.69, 9.17) is 19.6 Å². The fraction of sp³-hybridized carbons (Fsp3) is 0.429. The van der Waals surface area contributed by atoms with Crippen LogP contribution >= 0.6 is 0 Å². The molecule has 0 saturated heterocycles. The third kappa shape index (κ3) is 4.02. The van der Waals surface area contributed by atoms with Gasteiger partial charge in [-0.05, 0) is 18.6 Å². The number of carbonyl (C=O) groups excluding carboxylic acids is 2. The first-order valence-corrected chi connectivity index (χ1v) is 9.35. The van der Waals surface area contributed by atoms with Gasteiger partial charge in [0.1, 0.15) is 0 Å². The van der Waals surface area contributed by atoms with Crippen LogP contribution in [0.15, 0.2) is 18.2 Å². The lowest BCUT2D eigenvalue weighted by Gasteiger charge is -2.11. The molecule has 1 aliphatic heterocycles. The molecule has 6 nitrogen and oxygen atoms in total. The quantitative estimate of drug-likeness (QED) is 0.575. The largest absolute Gasteiger partial charge is 0.381 e. The Kier molecular flexibility index (Phi) is 5.49. The zero-order chi connectivity index (χ0) is 16.2. The van der Waals surface area contributed by atoms with E-state index in [9.17, 15) is 13.8 Å². The van der Waals surface area contributed by atoms with Gasteiger partial charge in [-0.15, -0.1) is 0 Å². The van der Waals surface area contributed by atoms with Crippen molar-refractivity contribution in [3.05, 3.63) is 29.3 Å². The number of amides is 2. The number of hydrogen-bond donors (Lipinski definition) is 1. The van der Waals surface area contributed by atoms with Crippen LogP contribution in [-0.2, 0) is 24.4 Å². The van der Waals surface area contributed by atoms with Crippen molar-refractivity contribution in [3.8, 4) is 5.75 Å². The summed E-state index contributed by atoms with van der Waals surface area (Å²) in [4.78, 5) is 23.3. The van der Waals surface area contributed by atoms with Gasteiger partial charge in [0.15, 0.2) is 5.75 Å². The van der Waals surface area contributed by atoms with Crippen LogP contribution in [0.25, 0.3) is 0 Å². The number of nitrogens with one attached hydrogen (secondary N) is 1. The van der Waals surface area contributed by atoms with Crippen LogP contribution in [-0.4, -0.2) is 22.6 Å². The van der Waals surface area contributed by atoms with E-state index >= 15 is 0 Å². The monoisotopic (exact) mass is 343 g/mol. The Morgan fingerprint density at radius 1 is 1.18 bits per heavy atom. The Morgan fingerprint density at radius 3 is 2.68 bits per heavy atom. The molecule has 22 heavy (non-hydrogen) atoms. The molecule has 0 saturated carbocycles. The molecular formula is C14H17NO5S2. The van der Waals surface area contributed by atoms with Crippen LogP contribution in [0.2, 0.25) is 0 Å². The third-order valence-corrected chi connectivity index (χ3v) is 4.47. The standard InChI is InChI=1S/C14H17NO5S2/c1-2-3-4-5-9-19-22(18,21)20-11-8-6-7-10-12(11)14(17)15-13(10)16/h6-8H,2-5,9H2,1H3,(H,15,16,17). The van der Waals surface area contributed by atoms with E-state index in [1.165, 1.54) is 18.2 Å². The Bertz CT molecular complexity index is 684. The molecule has 0 fully saturated rings. The SMILES string of the molecule is CCCCCCOS(=O)(=S)Oc1cccc2c1C(=O)NC2=O. The summed E-state index contributed by atoms with van der Waals surface area (Å²) in [6.07, 6.45) is 3.84. The number of benzene rings is 1.